The lowest BCUT2D eigenvalue weighted by molar-refractivity contribution is 0.113. The first-order valence-electron chi connectivity index (χ1n) is 5.60. The number of ether oxygens (including phenoxy) is 1. The van der Waals surface area contributed by atoms with Crippen molar-refractivity contribution >= 4 is 49.2 Å². The molecule has 0 fully saturated rings. The van der Waals surface area contributed by atoms with Crippen LogP contribution >= 0.6 is 0 Å². The fraction of sp³-hybridized carbons (Fsp3) is 0.111. The van der Waals surface area contributed by atoms with Crippen LogP contribution in [0, 0.1) is 0 Å². The van der Waals surface area contributed by atoms with Crippen molar-refractivity contribution in [3.63, 3.8) is 0 Å². The highest BCUT2D eigenvalue weighted by Crippen LogP contribution is 1.60. The van der Waals surface area contributed by atoms with Gasteiger partial charge in [-0.3, -0.25) is 0 Å². The minimum absolute atomic E-state index is 1.10. The summed E-state index contributed by atoms with van der Waals surface area (Å²) in [6.07, 6.45) is -14.1. The highest BCUT2D eigenvalue weighted by atomic mass is 16.6. The highest BCUT2D eigenvalue weighted by molar-refractivity contribution is 5.56. The van der Waals surface area contributed by atoms with Gasteiger partial charge in [0.1, 0.15) is 0 Å². The van der Waals surface area contributed by atoms with E-state index in [0.717, 1.165) is 7.11 Å². The molecule has 0 rings (SSSR count). The molecule has 0 spiro atoms. The van der Waals surface area contributed by atoms with Gasteiger partial charge in [0.15, 0.2) is 0 Å². The standard InChI is InChI=1S/C2H4O3.7CH2O3/c1-5-2(3)4;7*2-1(3)4/h1H3,(H,3,4);7*(H2,2,3,4). The molecule has 0 aliphatic rings. The smallest absolute Gasteiger partial charge is 0.450 e. The van der Waals surface area contributed by atoms with Crippen LogP contribution in [-0.4, -0.2) is 133 Å². The maximum absolute atomic E-state index is 9.15. The third kappa shape index (κ3) is 1040. The van der Waals surface area contributed by atoms with Gasteiger partial charge in [0.25, 0.3) is 0 Å². The van der Waals surface area contributed by atoms with E-state index in [2.05, 4.69) is 4.74 Å². The lowest BCUT2D eigenvalue weighted by Gasteiger charge is -1.79. The van der Waals surface area contributed by atoms with E-state index in [0.29, 0.717) is 0 Å². The Bertz CT molecular complexity index is 400. The molecule has 0 atom stereocenters. The molecule has 33 heavy (non-hydrogen) atoms. The van der Waals surface area contributed by atoms with Crippen molar-refractivity contribution in [1.29, 1.82) is 0 Å². The molecule has 0 amide bonds. The summed E-state index contributed by atoms with van der Waals surface area (Å²) < 4.78 is 3.67. The third-order valence-corrected chi connectivity index (χ3v) is 0.175. The van der Waals surface area contributed by atoms with Crippen LogP contribution in [-0.2, 0) is 4.74 Å². The minimum Gasteiger partial charge on any atom is -0.450 e. The Labute approximate surface area is 177 Å². The van der Waals surface area contributed by atoms with Crippen molar-refractivity contribution in [3.8, 4) is 0 Å². The number of hydrogen-bond acceptors (Lipinski definition) is 9. The summed E-state index contributed by atoms with van der Waals surface area (Å²) in [4.78, 5) is 69.0. The van der Waals surface area contributed by atoms with Crippen LogP contribution in [0.1, 0.15) is 0 Å². The molecular weight excluding hydrogens is 492 g/mol. The molecule has 24 nitrogen and oxygen atoms in total. The van der Waals surface area contributed by atoms with Gasteiger partial charge in [-0.2, -0.15) is 0 Å². The summed E-state index contributed by atoms with van der Waals surface area (Å²) in [6.45, 7) is 0. The quantitative estimate of drug-likeness (QED) is 0.206. The summed E-state index contributed by atoms with van der Waals surface area (Å²) >= 11 is 0. The molecule has 0 aliphatic carbocycles. The molecule has 0 bridgehead atoms. The summed E-state index contributed by atoms with van der Waals surface area (Å²) in [5.74, 6) is 0. The molecule has 0 aromatic carbocycles. The van der Waals surface area contributed by atoms with Crippen LogP contribution in [0.2, 0.25) is 0 Å². The van der Waals surface area contributed by atoms with Crippen LogP contribution in [0.25, 0.3) is 0 Å². The van der Waals surface area contributed by atoms with Crippen molar-refractivity contribution in [2.24, 2.45) is 0 Å². The fourth-order valence-corrected chi connectivity index (χ4v) is 0. The summed E-state index contributed by atoms with van der Waals surface area (Å²) in [5, 5.41) is 105. The van der Waals surface area contributed by atoms with E-state index in [1.54, 1.807) is 0 Å². The molecule has 0 aromatic heterocycles. The normalized spacial score (nSPS) is 6.09. The van der Waals surface area contributed by atoms with E-state index in [9.17, 15) is 0 Å². The van der Waals surface area contributed by atoms with E-state index in [1.807, 2.05) is 0 Å². The Balaban J connectivity index is -0.0000000361. The van der Waals surface area contributed by atoms with E-state index in [-0.39, 0.29) is 0 Å². The zero-order valence-corrected chi connectivity index (χ0v) is 15.4. The van der Waals surface area contributed by atoms with Gasteiger partial charge in [-0.1, -0.05) is 0 Å². The van der Waals surface area contributed by atoms with Gasteiger partial charge in [-0.25, -0.2) is 38.4 Å². The largest absolute Gasteiger partial charge is 0.505 e. The summed E-state index contributed by atoms with van der Waals surface area (Å²) in [6, 6.07) is 0. The Morgan fingerprint density at radius 2 is 0.364 bits per heavy atom. The third-order valence-electron chi connectivity index (χ3n) is 0.175. The molecule has 24 heteroatoms. The molecule has 0 unspecified atom stereocenters. The second-order valence-corrected chi connectivity index (χ2v) is 2.45. The summed E-state index contributed by atoms with van der Waals surface area (Å²) in [5.41, 5.74) is 0. The van der Waals surface area contributed by atoms with Crippen LogP contribution in [0.4, 0.5) is 38.4 Å². The molecule has 198 valence electrons. The van der Waals surface area contributed by atoms with Gasteiger partial charge < -0.3 is 81.3 Å². The molecule has 0 heterocycles. The minimum atomic E-state index is -1.83. The zero-order valence-electron chi connectivity index (χ0n) is 15.4. The zero-order chi connectivity index (χ0) is 29.3. The number of hydrogen-bond donors (Lipinski definition) is 15. The van der Waals surface area contributed by atoms with Gasteiger partial charge >= 0.3 is 49.2 Å². The predicted molar refractivity (Wildman–Crippen MR) is 89.6 cm³/mol. The van der Waals surface area contributed by atoms with Crippen molar-refractivity contribution in [1.82, 2.24) is 0 Å². The number of carboxylic acid groups (broad SMARTS) is 15. The molecule has 15 N–H and O–H groups in total. The number of rotatable bonds is 0. The topological polar surface area (TPSA) is 449 Å². The second-order valence-electron chi connectivity index (χ2n) is 2.45. The van der Waals surface area contributed by atoms with Crippen LogP contribution in [0.3, 0.4) is 0 Å². The fourth-order valence-electron chi connectivity index (χ4n) is 0. The average Bonchev–Trinajstić information content (AvgIpc) is 2.42. The predicted octanol–water partition coefficient (Wildman–Crippen LogP) is 1.87. The Kier molecular flexibility index (Phi) is 69.2. The molecule has 0 aromatic rings. The molecular formula is C9H18O24. The molecule has 0 saturated heterocycles. The van der Waals surface area contributed by atoms with Crippen LogP contribution < -0.4 is 0 Å². The molecule has 0 aliphatic heterocycles. The van der Waals surface area contributed by atoms with E-state index in [4.69, 9.17) is 115 Å². The number of methoxy groups -OCH3 is 1. The van der Waals surface area contributed by atoms with Gasteiger partial charge in [0, 0.05) is 0 Å². The van der Waals surface area contributed by atoms with Crippen molar-refractivity contribution in [2.75, 3.05) is 7.11 Å². The second kappa shape index (κ2) is 45.1. The van der Waals surface area contributed by atoms with E-state index in [1.165, 1.54) is 0 Å². The first-order valence-corrected chi connectivity index (χ1v) is 5.60. The highest BCUT2D eigenvalue weighted by Gasteiger charge is 1.80. The van der Waals surface area contributed by atoms with Crippen molar-refractivity contribution < 1.29 is 120 Å². The van der Waals surface area contributed by atoms with Crippen molar-refractivity contribution in [3.05, 3.63) is 0 Å². The average molecular weight is 510 g/mol. The van der Waals surface area contributed by atoms with Gasteiger partial charge in [0.05, 0.1) is 7.11 Å². The van der Waals surface area contributed by atoms with Crippen molar-refractivity contribution in [2.45, 2.75) is 0 Å². The monoisotopic (exact) mass is 510 g/mol. The summed E-state index contributed by atoms with van der Waals surface area (Å²) in [7, 11) is 1.10. The molecule has 0 radical (unpaired) electrons. The molecule has 0 saturated carbocycles. The Morgan fingerprint density at radius 1 is 0.333 bits per heavy atom. The first kappa shape index (κ1) is 50.6. The van der Waals surface area contributed by atoms with Crippen LogP contribution in [0.5, 0.6) is 0 Å². The first-order chi connectivity index (χ1) is 14.4. The maximum Gasteiger partial charge on any atom is 0.505 e. The maximum atomic E-state index is 9.15. The van der Waals surface area contributed by atoms with Gasteiger partial charge in [-0.05, 0) is 0 Å². The SMILES string of the molecule is COC(=O)O.O=C(O)O.O=C(O)O.O=C(O)O.O=C(O)O.O=C(O)O.O=C(O)O.O=C(O)O. The lowest BCUT2D eigenvalue weighted by atomic mass is 11.4. The van der Waals surface area contributed by atoms with Crippen LogP contribution in [0.15, 0.2) is 0 Å². The van der Waals surface area contributed by atoms with E-state index >= 15 is 0 Å². The Hall–Kier alpha value is -5.84. The number of carbonyl (C=O) groups is 8. The van der Waals surface area contributed by atoms with E-state index < -0.39 is 49.2 Å². The lowest BCUT2D eigenvalue weighted by Crippen LogP contribution is -1.91. The van der Waals surface area contributed by atoms with Gasteiger partial charge in [0.2, 0.25) is 0 Å². The van der Waals surface area contributed by atoms with Gasteiger partial charge in [-0.15, -0.1) is 0 Å². The Morgan fingerprint density at radius 3 is 0.364 bits per heavy atom.